The lowest BCUT2D eigenvalue weighted by Gasteiger charge is -2.36. The quantitative estimate of drug-likeness (QED) is 0.887. The predicted molar refractivity (Wildman–Crippen MR) is 104 cm³/mol. The van der Waals surface area contributed by atoms with Crippen LogP contribution in [-0.4, -0.2) is 36.5 Å². The minimum Gasteiger partial charge on any atom is -0.359 e. The molecule has 0 saturated heterocycles. The van der Waals surface area contributed by atoms with E-state index in [1.807, 2.05) is 18.6 Å². The Morgan fingerprint density at radius 1 is 1.19 bits per heavy atom. The molecule has 0 radical (unpaired) electrons. The van der Waals surface area contributed by atoms with E-state index in [2.05, 4.69) is 33.3 Å². The summed E-state index contributed by atoms with van der Waals surface area (Å²) in [5.74, 6) is 0.936. The Labute approximate surface area is 155 Å². The molecular weight excluding hydrogens is 324 g/mol. The molecule has 5 heteroatoms. The van der Waals surface area contributed by atoms with Crippen LogP contribution >= 0.6 is 0 Å². The molecule has 5 nitrogen and oxygen atoms in total. The summed E-state index contributed by atoms with van der Waals surface area (Å²) in [6.45, 7) is 2.29. The second-order valence-electron chi connectivity index (χ2n) is 8.14. The van der Waals surface area contributed by atoms with Crippen molar-refractivity contribution in [1.82, 2.24) is 10.3 Å². The number of nitrogens with zero attached hydrogens (tertiary/aromatic N) is 3. The molecule has 1 saturated carbocycles. The number of hydrogen-bond acceptors (Lipinski definition) is 4. The molecular formula is C21H28N4O. The molecule has 26 heavy (non-hydrogen) atoms. The average molecular weight is 352 g/mol. The molecule has 2 atom stereocenters. The molecule has 0 bridgehead atoms. The Kier molecular flexibility index (Phi) is 4.63. The van der Waals surface area contributed by atoms with Crippen molar-refractivity contribution in [3.05, 3.63) is 29.1 Å². The molecule has 1 aliphatic carbocycles. The summed E-state index contributed by atoms with van der Waals surface area (Å²) in [5.41, 5.74) is 3.78. The zero-order valence-corrected chi connectivity index (χ0v) is 15.7. The van der Waals surface area contributed by atoms with Crippen molar-refractivity contribution in [2.75, 3.05) is 7.05 Å². The highest BCUT2D eigenvalue weighted by atomic mass is 16.1. The Balaban J connectivity index is 1.60. The topological polar surface area (TPSA) is 66.7 Å². The van der Waals surface area contributed by atoms with Gasteiger partial charge < -0.3 is 5.32 Å². The first-order valence-electron chi connectivity index (χ1n) is 9.89. The van der Waals surface area contributed by atoms with Gasteiger partial charge in [0.15, 0.2) is 0 Å². The highest BCUT2D eigenvalue weighted by molar-refractivity contribution is 5.84. The number of carbonyl (C=O) groups excluding carboxylic acids is 1. The van der Waals surface area contributed by atoms with E-state index in [-0.39, 0.29) is 23.4 Å². The molecule has 1 aromatic rings. The summed E-state index contributed by atoms with van der Waals surface area (Å²) in [4.78, 5) is 25.8. The largest absolute Gasteiger partial charge is 0.359 e. The van der Waals surface area contributed by atoms with Gasteiger partial charge in [-0.05, 0) is 55.2 Å². The number of hydrogen-bond donors (Lipinski definition) is 1. The monoisotopic (exact) mass is 352 g/mol. The Bertz CT molecular complexity index is 746. The molecule has 1 amide bonds. The SMILES string of the molecule is CNC(=O)C1CCCC(c2ccnc3c2C2(C)CC=NC2N=C3)CCC1. The molecule has 0 aromatic carbocycles. The summed E-state index contributed by atoms with van der Waals surface area (Å²) in [5, 5.41) is 2.82. The van der Waals surface area contributed by atoms with E-state index in [1.165, 1.54) is 11.1 Å². The molecule has 2 unspecified atom stereocenters. The number of carbonyl (C=O) groups is 1. The number of nitrogens with one attached hydrogen (secondary N) is 1. The standard InChI is InChI=1S/C21H28N4O/c1-21-10-12-24-20(21)25-13-17-18(21)16(9-11-23-17)14-5-3-7-15(8-4-6-14)19(26)22-2/h9,11-15,20H,3-8,10H2,1-2H3,(H,22,26). The lowest BCUT2D eigenvalue weighted by atomic mass is 9.70. The van der Waals surface area contributed by atoms with Gasteiger partial charge in [0, 0.05) is 37.0 Å². The number of amides is 1. The molecule has 138 valence electrons. The molecule has 1 N–H and O–H groups in total. The van der Waals surface area contributed by atoms with Gasteiger partial charge in [0.05, 0.1) is 5.69 Å². The molecule has 3 aliphatic rings. The maximum absolute atomic E-state index is 12.0. The predicted octanol–water partition coefficient (Wildman–Crippen LogP) is 3.37. The van der Waals surface area contributed by atoms with Gasteiger partial charge in [-0.2, -0.15) is 0 Å². The van der Waals surface area contributed by atoms with Crippen molar-refractivity contribution in [3.8, 4) is 0 Å². The number of aromatic nitrogens is 1. The third kappa shape index (κ3) is 2.87. The highest BCUT2D eigenvalue weighted by Crippen LogP contribution is 2.45. The average Bonchev–Trinajstić information content (AvgIpc) is 3.02. The van der Waals surface area contributed by atoms with Crippen molar-refractivity contribution in [1.29, 1.82) is 0 Å². The van der Waals surface area contributed by atoms with Crippen LogP contribution in [0.1, 0.15) is 74.6 Å². The van der Waals surface area contributed by atoms with Gasteiger partial charge in [0.25, 0.3) is 0 Å². The van der Waals surface area contributed by atoms with Crippen LogP contribution in [0.25, 0.3) is 0 Å². The van der Waals surface area contributed by atoms with Gasteiger partial charge in [0.2, 0.25) is 5.91 Å². The number of fused-ring (bicyclic) bond motifs is 3. The number of aliphatic imine (C=N–C) groups is 2. The van der Waals surface area contributed by atoms with E-state index in [9.17, 15) is 4.79 Å². The van der Waals surface area contributed by atoms with Crippen LogP contribution in [-0.2, 0) is 10.2 Å². The van der Waals surface area contributed by atoms with Gasteiger partial charge >= 0.3 is 0 Å². The number of pyridine rings is 1. The maximum atomic E-state index is 12.0. The molecule has 1 fully saturated rings. The zero-order chi connectivity index (χ0) is 18.1. The molecule has 4 rings (SSSR count). The van der Waals surface area contributed by atoms with Crippen molar-refractivity contribution in [3.63, 3.8) is 0 Å². The number of rotatable bonds is 2. The summed E-state index contributed by atoms with van der Waals surface area (Å²) < 4.78 is 0. The van der Waals surface area contributed by atoms with Gasteiger partial charge in [-0.15, -0.1) is 0 Å². The van der Waals surface area contributed by atoms with Crippen LogP contribution in [0.5, 0.6) is 0 Å². The fourth-order valence-corrected chi connectivity index (χ4v) is 5.03. The second kappa shape index (κ2) is 6.93. The van der Waals surface area contributed by atoms with Crippen molar-refractivity contribution in [2.24, 2.45) is 15.9 Å². The lowest BCUT2D eigenvalue weighted by molar-refractivity contribution is -0.125. The second-order valence-corrected chi connectivity index (χ2v) is 8.14. The van der Waals surface area contributed by atoms with E-state index in [4.69, 9.17) is 0 Å². The maximum Gasteiger partial charge on any atom is 0.222 e. The third-order valence-electron chi connectivity index (χ3n) is 6.52. The van der Waals surface area contributed by atoms with Crippen LogP contribution in [0.2, 0.25) is 0 Å². The van der Waals surface area contributed by atoms with Crippen LogP contribution in [0.15, 0.2) is 22.2 Å². The first kappa shape index (κ1) is 17.4. The van der Waals surface area contributed by atoms with Gasteiger partial charge in [0.1, 0.15) is 6.17 Å². The van der Waals surface area contributed by atoms with Gasteiger partial charge in [-0.25, -0.2) is 0 Å². The van der Waals surface area contributed by atoms with E-state index in [0.29, 0.717) is 5.92 Å². The van der Waals surface area contributed by atoms with E-state index in [0.717, 1.165) is 50.6 Å². The molecule has 2 aliphatic heterocycles. The Morgan fingerprint density at radius 3 is 2.69 bits per heavy atom. The fourth-order valence-electron chi connectivity index (χ4n) is 5.03. The van der Waals surface area contributed by atoms with Crippen LogP contribution in [0, 0.1) is 5.92 Å². The van der Waals surface area contributed by atoms with Gasteiger partial charge in [-0.3, -0.25) is 19.8 Å². The van der Waals surface area contributed by atoms with E-state index >= 15 is 0 Å². The summed E-state index contributed by atoms with van der Waals surface area (Å²) in [7, 11) is 1.75. The summed E-state index contributed by atoms with van der Waals surface area (Å²) >= 11 is 0. The van der Waals surface area contributed by atoms with E-state index < -0.39 is 0 Å². The Morgan fingerprint density at radius 2 is 1.96 bits per heavy atom. The highest BCUT2D eigenvalue weighted by Gasteiger charge is 2.44. The first-order chi connectivity index (χ1) is 12.6. The van der Waals surface area contributed by atoms with E-state index in [1.54, 1.807) is 7.05 Å². The third-order valence-corrected chi connectivity index (χ3v) is 6.52. The van der Waals surface area contributed by atoms with Crippen LogP contribution in [0.3, 0.4) is 0 Å². The van der Waals surface area contributed by atoms with Gasteiger partial charge in [-0.1, -0.05) is 19.8 Å². The molecule has 1 aromatic heterocycles. The van der Waals surface area contributed by atoms with Crippen molar-refractivity contribution >= 4 is 18.3 Å². The minimum atomic E-state index is -0.0549. The smallest absolute Gasteiger partial charge is 0.222 e. The summed E-state index contributed by atoms with van der Waals surface area (Å²) in [6, 6.07) is 2.22. The first-order valence-corrected chi connectivity index (χ1v) is 9.89. The minimum absolute atomic E-state index is 0.00383. The zero-order valence-electron chi connectivity index (χ0n) is 15.7. The Hall–Kier alpha value is -2.04. The summed E-state index contributed by atoms with van der Waals surface area (Å²) in [6.07, 6.45) is 13.3. The molecule has 0 spiro atoms. The normalized spacial score (nSPS) is 33.1. The fraction of sp³-hybridized carbons (Fsp3) is 0.619. The van der Waals surface area contributed by atoms with Crippen LogP contribution < -0.4 is 5.32 Å². The van der Waals surface area contributed by atoms with Crippen molar-refractivity contribution < 1.29 is 4.79 Å². The molecule has 3 heterocycles. The van der Waals surface area contributed by atoms with Crippen LogP contribution in [0.4, 0.5) is 0 Å². The lowest BCUT2D eigenvalue weighted by Crippen LogP contribution is -2.37. The van der Waals surface area contributed by atoms with Crippen molar-refractivity contribution in [2.45, 2.75) is 69.4 Å².